The number of halogens is 2. The molecule has 1 fully saturated rings. The lowest BCUT2D eigenvalue weighted by atomic mass is 10.1. The third-order valence-electron chi connectivity index (χ3n) is 3.25. The van der Waals surface area contributed by atoms with Crippen LogP contribution in [0.5, 0.6) is 0 Å². The number of nitrogens with one attached hydrogen (secondary N) is 1. The topological polar surface area (TPSA) is 66.5 Å². The van der Waals surface area contributed by atoms with Gasteiger partial charge in [0.1, 0.15) is 9.23 Å². The van der Waals surface area contributed by atoms with Gasteiger partial charge in [0, 0.05) is 26.1 Å². The summed E-state index contributed by atoms with van der Waals surface area (Å²) in [5.41, 5.74) is 0. The molecule has 1 N–H and O–H groups in total. The number of carbonyl (C=O) groups excluding carboxylic acids is 1. The number of rotatable bonds is 5. The Morgan fingerprint density at radius 2 is 1.95 bits per heavy atom. The zero-order valence-electron chi connectivity index (χ0n) is 11.3. The highest BCUT2D eigenvalue weighted by Crippen LogP contribution is 2.33. The van der Waals surface area contributed by atoms with Gasteiger partial charge in [-0.15, -0.1) is 11.3 Å². The van der Waals surface area contributed by atoms with Crippen LogP contribution >= 0.6 is 34.5 Å². The Labute approximate surface area is 138 Å². The summed E-state index contributed by atoms with van der Waals surface area (Å²) in [6, 6.07) is 1.31. The summed E-state index contributed by atoms with van der Waals surface area (Å²) in [6.07, 6.45) is 3.32. The Hall–Kier alpha value is -0.340. The van der Waals surface area contributed by atoms with Crippen molar-refractivity contribution < 1.29 is 13.2 Å². The van der Waals surface area contributed by atoms with Crippen molar-refractivity contribution in [2.24, 2.45) is 0 Å². The lowest BCUT2D eigenvalue weighted by molar-refractivity contribution is -0.131. The fourth-order valence-corrected chi connectivity index (χ4v) is 5.36. The molecule has 0 radical (unpaired) electrons. The molecule has 1 aromatic heterocycles. The zero-order chi connectivity index (χ0) is 15.5. The first kappa shape index (κ1) is 17.0. The molecule has 0 saturated carbocycles. The van der Waals surface area contributed by atoms with Crippen LogP contribution in [0, 0.1) is 0 Å². The van der Waals surface area contributed by atoms with Gasteiger partial charge in [-0.1, -0.05) is 23.2 Å². The van der Waals surface area contributed by atoms with Gasteiger partial charge in [-0.05, 0) is 25.3 Å². The molecule has 1 saturated heterocycles. The third-order valence-corrected chi connectivity index (χ3v) is 6.47. The molecule has 9 heteroatoms. The summed E-state index contributed by atoms with van der Waals surface area (Å²) in [5.74, 6) is -0.0214. The molecule has 21 heavy (non-hydrogen) atoms. The van der Waals surface area contributed by atoms with Crippen molar-refractivity contribution >= 4 is 50.5 Å². The minimum atomic E-state index is -3.72. The molecule has 1 aromatic rings. The smallest absolute Gasteiger partial charge is 0.242 e. The Morgan fingerprint density at radius 1 is 1.29 bits per heavy atom. The van der Waals surface area contributed by atoms with E-state index < -0.39 is 10.0 Å². The molecule has 0 aliphatic carbocycles. The molecule has 118 valence electrons. The maximum atomic E-state index is 12.1. The molecule has 0 spiro atoms. The third kappa shape index (κ3) is 4.56. The zero-order valence-corrected chi connectivity index (χ0v) is 14.4. The number of piperidine rings is 1. The molecule has 0 unspecified atom stereocenters. The van der Waals surface area contributed by atoms with Gasteiger partial charge in [0.15, 0.2) is 0 Å². The Morgan fingerprint density at radius 3 is 2.52 bits per heavy atom. The van der Waals surface area contributed by atoms with Crippen molar-refractivity contribution in [2.45, 2.75) is 30.6 Å². The summed E-state index contributed by atoms with van der Waals surface area (Å²) in [7, 11) is -3.72. The van der Waals surface area contributed by atoms with Crippen LogP contribution in [0.2, 0.25) is 8.67 Å². The van der Waals surface area contributed by atoms with Gasteiger partial charge in [-0.2, -0.15) is 0 Å². The van der Waals surface area contributed by atoms with Gasteiger partial charge in [0.2, 0.25) is 15.9 Å². The van der Waals surface area contributed by atoms with Gasteiger partial charge < -0.3 is 4.90 Å². The maximum Gasteiger partial charge on any atom is 0.242 e. The van der Waals surface area contributed by atoms with E-state index in [-0.39, 0.29) is 28.1 Å². The van der Waals surface area contributed by atoms with Gasteiger partial charge in [-0.25, -0.2) is 13.1 Å². The summed E-state index contributed by atoms with van der Waals surface area (Å²) >= 11 is 12.6. The van der Waals surface area contributed by atoms with Crippen molar-refractivity contribution in [2.75, 3.05) is 19.6 Å². The molecule has 1 aliphatic rings. The van der Waals surface area contributed by atoms with Gasteiger partial charge in [0.05, 0.1) is 4.34 Å². The van der Waals surface area contributed by atoms with E-state index in [4.69, 9.17) is 23.2 Å². The van der Waals surface area contributed by atoms with Crippen LogP contribution in [0.3, 0.4) is 0 Å². The second-order valence-corrected chi connectivity index (χ2v) is 8.80. The molecule has 0 aromatic carbocycles. The van der Waals surface area contributed by atoms with E-state index in [9.17, 15) is 13.2 Å². The van der Waals surface area contributed by atoms with E-state index in [0.717, 1.165) is 43.7 Å². The van der Waals surface area contributed by atoms with Crippen molar-refractivity contribution in [3.63, 3.8) is 0 Å². The van der Waals surface area contributed by atoms with Crippen LogP contribution in [0.1, 0.15) is 25.7 Å². The predicted molar refractivity (Wildman–Crippen MR) is 84.6 cm³/mol. The largest absolute Gasteiger partial charge is 0.343 e. The van der Waals surface area contributed by atoms with Crippen LogP contribution in [0.4, 0.5) is 0 Å². The first-order valence-corrected chi connectivity index (χ1v) is 9.68. The average Bonchev–Trinajstić information content (AvgIpc) is 2.79. The molecule has 2 rings (SSSR count). The monoisotopic (exact) mass is 370 g/mol. The number of hydrogen-bond donors (Lipinski definition) is 1. The molecular weight excluding hydrogens is 355 g/mol. The first-order valence-electron chi connectivity index (χ1n) is 6.62. The van der Waals surface area contributed by atoms with Gasteiger partial charge in [0.25, 0.3) is 0 Å². The summed E-state index contributed by atoms with van der Waals surface area (Å²) in [4.78, 5) is 13.7. The quantitative estimate of drug-likeness (QED) is 0.866. The van der Waals surface area contributed by atoms with Crippen LogP contribution < -0.4 is 4.72 Å². The van der Waals surface area contributed by atoms with Crippen molar-refractivity contribution in [3.8, 4) is 0 Å². The summed E-state index contributed by atoms with van der Waals surface area (Å²) in [5, 5.41) is 0. The van der Waals surface area contributed by atoms with Gasteiger partial charge in [-0.3, -0.25) is 4.79 Å². The molecule has 2 heterocycles. The van der Waals surface area contributed by atoms with Crippen LogP contribution in [-0.4, -0.2) is 38.9 Å². The van der Waals surface area contributed by atoms with Crippen molar-refractivity contribution in [1.29, 1.82) is 0 Å². The highest BCUT2D eigenvalue weighted by atomic mass is 35.5. The van der Waals surface area contributed by atoms with E-state index in [1.807, 2.05) is 0 Å². The van der Waals surface area contributed by atoms with E-state index in [0.29, 0.717) is 4.34 Å². The number of hydrogen-bond acceptors (Lipinski definition) is 4. The number of thiophene rings is 1. The highest BCUT2D eigenvalue weighted by molar-refractivity contribution is 7.89. The van der Waals surface area contributed by atoms with Crippen LogP contribution in [-0.2, 0) is 14.8 Å². The van der Waals surface area contributed by atoms with Crippen LogP contribution in [0.15, 0.2) is 11.0 Å². The lowest BCUT2D eigenvalue weighted by Crippen LogP contribution is -2.37. The van der Waals surface area contributed by atoms with E-state index in [2.05, 4.69) is 4.72 Å². The molecule has 5 nitrogen and oxygen atoms in total. The standard InChI is InChI=1S/C12H16Cl2N2O3S2/c13-10-8-9(12(14)20-10)21(18,19)15-5-4-11(17)16-6-2-1-3-7-16/h8,15H,1-7H2. The van der Waals surface area contributed by atoms with Crippen LogP contribution in [0.25, 0.3) is 0 Å². The highest BCUT2D eigenvalue weighted by Gasteiger charge is 2.22. The minimum Gasteiger partial charge on any atom is -0.343 e. The normalized spacial score (nSPS) is 16.2. The summed E-state index contributed by atoms with van der Waals surface area (Å²) < 4.78 is 26.9. The Kier molecular flexibility index (Phi) is 5.90. The van der Waals surface area contributed by atoms with Crippen molar-refractivity contribution in [3.05, 3.63) is 14.7 Å². The van der Waals surface area contributed by atoms with E-state index in [1.54, 1.807) is 4.90 Å². The number of likely N-dealkylation sites (tertiary alicyclic amines) is 1. The molecular formula is C12H16Cl2N2O3S2. The SMILES string of the molecule is O=C(CCNS(=O)(=O)c1cc(Cl)sc1Cl)N1CCCCC1. The second-order valence-electron chi connectivity index (χ2n) is 4.78. The molecule has 1 aliphatic heterocycles. The van der Waals surface area contributed by atoms with Gasteiger partial charge >= 0.3 is 0 Å². The Bertz CT molecular complexity index is 610. The average molecular weight is 371 g/mol. The predicted octanol–water partition coefficient (Wildman–Crippen LogP) is 2.74. The maximum absolute atomic E-state index is 12.1. The second kappa shape index (κ2) is 7.28. The number of nitrogens with zero attached hydrogens (tertiary/aromatic N) is 1. The number of amides is 1. The fourth-order valence-electron chi connectivity index (χ4n) is 2.18. The van der Waals surface area contributed by atoms with E-state index >= 15 is 0 Å². The lowest BCUT2D eigenvalue weighted by Gasteiger charge is -2.26. The van der Waals surface area contributed by atoms with Crippen molar-refractivity contribution in [1.82, 2.24) is 9.62 Å². The molecule has 1 amide bonds. The first-order chi connectivity index (χ1) is 9.90. The summed E-state index contributed by atoms with van der Waals surface area (Å²) in [6.45, 7) is 1.58. The fraction of sp³-hybridized carbons (Fsp3) is 0.583. The van der Waals surface area contributed by atoms with E-state index in [1.165, 1.54) is 6.07 Å². The Balaban J connectivity index is 1.87. The number of carbonyl (C=O) groups is 1. The number of sulfonamides is 1. The molecule has 0 atom stereocenters. The minimum absolute atomic E-state index is 0.0214. The molecule has 0 bridgehead atoms.